The van der Waals surface area contributed by atoms with Gasteiger partial charge < -0.3 is 5.11 Å². The standard InChI is InChI=1S/C13H17Cl2NOS/c1-2-5-16(6-8-17)7-9-18-13-10-11(14)3-4-12(13)15/h2-4,10,17H,1,5-9H2. The van der Waals surface area contributed by atoms with Crippen molar-refractivity contribution in [2.45, 2.75) is 4.90 Å². The summed E-state index contributed by atoms with van der Waals surface area (Å²) in [6.07, 6.45) is 1.84. The molecule has 0 heterocycles. The van der Waals surface area contributed by atoms with Crippen LogP contribution in [0.15, 0.2) is 35.7 Å². The molecule has 0 aliphatic heterocycles. The van der Waals surface area contributed by atoms with E-state index in [-0.39, 0.29) is 6.61 Å². The molecule has 18 heavy (non-hydrogen) atoms. The van der Waals surface area contributed by atoms with Crippen LogP contribution in [0.3, 0.4) is 0 Å². The van der Waals surface area contributed by atoms with Gasteiger partial charge in [-0.1, -0.05) is 29.3 Å². The molecule has 2 nitrogen and oxygen atoms in total. The third kappa shape index (κ3) is 5.63. The molecule has 0 amide bonds. The quantitative estimate of drug-likeness (QED) is 0.587. The van der Waals surface area contributed by atoms with Gasteiger partial charge >= 0.3 is 0 Å². The molecule has 0 radical (unpaired) electrons. The Bertz CT molecular complexity index is 387. The molecule has 1 aromatic carbocycles. The molecule has 0 fully saturated rings. The Labute approximate surface area is 123 Å². The van der Waals surface area contributed by atoms with E-state index in [4.69, 9.17) is 28.3 Å². The fraction of sp³-hybridized carbons (Fsp3) is 0.385. The molecule has 1 rings (SSSR count). The summed E-state index contributed by atoms with van der Waals surface area (Å²) in [4.78, 5) is 3.13. The summed E-state index contributed by atoms with van der Waals surface area (Å²) >= 11 is 13.7. The van der Waals surface area contributed by atoms with E-state index in [0.717, 1.165) is 28.8 Å². The zero-order chi connectivity index (χ0) is 13.4. The highest BCUT2D eigenvalue weighted by molar-refractivity contribution is 7.99. The van der Waals surface area contributed by atoms with Crippen molar-refractivity contribution < 1.29 is 5.11 Å². The summed E-state index contributed by atoms with van der Waals surface area (Å²) in [5.74, 6) is 0.897. The van der Waals surface area contributed by atoms with Gasteiger partial charge in [-0.15, -0.1) is 18.3 Å². The molecule has 0 atom stereocenters. The van der Waals surface area contributed by atoms with E-state index in [1.165, 1.54) is 0 Å². The van der Waals surface area contributed by atoms with E-state index in [2.05, 4.69) is 11.5 Å². The first-order valence-electron chi connectivity index (χ1n) is 5.69. The fourth-order valence-electron chi connectivity index (χ4n) is 1.49. The normalized spacial score (nSPS) is 10.9. The minimum absolute atomic E-state index is 0.163. The molecule has 0 unspecified atom stereocenters. The monoisotopic (exact) mass is 305 g/mol. The second kappa shape index (κ2) is 8.83. The second-order valence-corrected chi connectivity index (χ2v) is 5.72. The van der Waals surface area contributed by atoms with Crippen LogP contribution in [0.4, 0.5) is 0 Å². The van der Waals surface area contributed by atoms with Crippen molar-refractivity contribution in [3.63, 3.8) is 0 Å². The number of thioether (sulfide) groups is 1. The van der Waals surface area contributed by atoms with Crippen molar-refractivity contribution in [1.82, 2.24) is 4.90 Å². The molecule has 100 valence electrons. The van der Waals surface area contributed by atoms with E-state index in [0.29, 0.717) is 11.6 Å². The van der Waals surface area contributed by atoms with Crippen LogP contribution in [-0.2, 0) is 0 Å². The first-order valence-corrected chi connectivity index (χ1v) is 7.43. The van der Waals surface area contributed by atoms with Gasteiger partial charge in [-0.25, -0.2) is 0 Å². The lowest BCUT2D eigenvalue weighted by molar-refractivity contribution is 0.215. The van der Waals surface area contributed by atoms with Gasteiger partial charge in [0.1, 0.15) is 0 Å². The maximum atomic E-state index is 8.94. The number of hydrogen-bond donors (Lipinski definition) is 1. The summed E-state index contributed by atoms with van der Waals surface area (Å²) in [6, 6.07) is 5.46. The van der Waals surface area contributed by atoms with Crippen molar-refractivity contribution in [1.29, 1.82) is 0 Å². The Morgan fingerprint density at radius 1 is 1.33 bits per heavy atom. The van der Waals surface area contributed by atoms with Crippen LogP contribution in [0, 0.1) is 0 Å². The van der Waals surface area contributed by atoms with Gasteiger partial charge in [0.25, 0.3) is 0 Å². The maximum Gasteiger partial charge on any atom is 0.0558 e. The molecular weight excluding hydrogens is 289 g/mol. The topological polar surface area (TPSA) is 23.5 Å². The van der Waals surface area contributed by atoms with E-state index in [1.807, 2.05) is 12.1 Å². The van der Waals surface area contributed by atoms with Gasteiger partial charge in [-0.2, -0.15) is 0 Å². The van der Waals surface area contributed by atoms with Gasteiger partial charge in [0.2, 0.25) is 0 Å². The van der Waals surface area contributed by atoms with Crippen LogP contribution in [0.1, 0.15) is 0 Å². The van der Waals surface area contributed by atoms with Gasteiger partial charge in [0, 0.05) is 35.3 Å². The predicted octanol–water partition coefficient (Wildman–Crippen LogP) is 3.57. The van der Waals surface area contributed by atoms with Crippen LogP contribution in [-0.4, -0.2) is 42.0 Å². The zero-order valence-electron chi connectivity index (χ0n) is 10.1. The highest BCUT2D eigenvalue weighted by Crippen LogP contribution is 2.29. The predicted molar refractivity (Wildman–Crippen MR) is 80.9 cm³/mol. The van der Waals surface area contributed by atoms with Crippen LogP contribution >= 0.6 is 35.0 Å². The third-order valence-corrected chi connectivity index (χ3v) is 4.07. The van der Waals surface area contributed by atoms with Crippen molar-refractivity contribution in [2.24, 2.45) is 0 Å². The Hall–Kier alpha value is -0.190. The average molecular weight is 306 g/mol. The molecule has 0 saturated heterocycles. The van der Waals surface area contributed by atoms with Gasteiger partial charge in [0.05, 0.1) is 11.6 Å². The highest BCUT2D eigenvalue weighted by Gasteiger charge is 2.05. The second-order valence-electron chi connectivity index (χ2n) is 3.74. The minimum atomic E-state index is 0.163. The molecule has 0 bridgehead atoms. The number of rotatable bonds is 8. The van der Waals surface area contributed by atoms with Crippen molar-refractivity contribution >= 4 is 35.0 Å². The first kappa shape index (κ1) is 15.9. The summed E-state index contributed by atoms with van der Waals surface area (Å²) < 4.78 is 0. The minimum Gasteiger partial charge on any atom is -0.395 e. The lowest BCUT2D eigenvalue weighted by Crippen LogP contribution is -2.29. The van der Waals surface area contributed by atoms with Crippen LogP contribution < -0.4 is 0 Å². The number of hydrogen-bond acceptors (Lipinski definition) is 3. The molecule has 0 saturated carbocycles. The van der Waals surface area contributed by atoms with Gasteiger partial charge in [-0.05, 0) is 18.2 Å². The molecule has 0 aliphatic rings. The van der Waals surface area contributed by atoms with Crippen molar-refractivity contribution in [3.8, 4) is 0 Å². The Kier molecular flexibility index (Phi) is 7.79. The maximum absolute atomic E-state index is 8.94. The van der Waals surface area contributed by atoms with Crippen LogP contribution in [0.2, 0.25) is 10.0 Å². The fourth-order valence-corrected chi connectivity index (χ4v) is 2.99. The van der Waals surface area contributed by atoms with Gasteiger partial charge in [-0.3, -0.25) is 4.90 Å². The summed E-state index contributed by atoms with van der Waals surface area (Å²) in [6.45, 7) is 6.19. The molecule has 0 aromatic heterocycles. The van der Waals surface area contributed by atoms with E-state index in [9.17, 15) is 0 Å². The lowest BCUT2D eigenvalue weighted by atomic mass is 10.4. The molecule has 0 spiro atoms. The van der Waals surface area contributed by atoms with E-state index >= 15 is 0 Å². The van der Waals surface area contributed by atoms with Gasteiger partial charge in [0.15, 0.2) is 0 Å². The molecule has 1 aromatic rings. The van der Waals surface area contributed by atoms with Crippen molar-refractivity contribution in [3.05, 3.63) is 40.9 Å². The summed E-state index contributed by atoms with van der Waals surface area (Å²) in [5.41, 5.74) is 0. The molecule has 1 N–H and O–H groups in total. The first-order chi connectivity index (χ1) is 8.67. The molecule has 0 aliphatic carbocycles. The van der Waals surface area contributed by atoms with Crippen LogP contribution in [0.25, 0.3) is 0 Å². The number of halogens is 2. The molecular formula is C13H17Cl2NOS. The van der Waals surface area contributed by atoms with E-state index < -0.39 is 0 Å². The lowest BCUT2D eigenvalue weighted by Gasteiger charge is -2.19. The zero-order valence-corrected chi connectivity index (χ0v) is 12.4. The van der Waals surface area contributed by atoms with Crippen LogP contribution in [0.5, 0.6) is 0 Å². The Morgan fingerprint density at radius 2 is 2.11 bits per heavy atom. The smallest absolute Gasteiger partial charge is 0.0558 e. The average Bonchev–Trinajstić information content (AvgIpc) is 2.34. The Morgan fingerprint density at radius 3 is 2.78 bits per heavy atom. The summed E-state index contributed by atoms with van der Waals surface area (Å²) in [7, 11) is 0. The number of benzene rings is 1. The third-order valence-electron chi connectivity index (χ3n) is 2.36. The number of nitrogens with zero attached hydrogens (tertiary/aromatic N) is 1. The molecule has 5 heteroatoms. The van der Waals surface area contributed by atoms with E-state index in [1.54, 1.807) is 23.9 Å². The highest BCUT2D eigenvalue weighted by atomic mass is 35.5. The Balaban J connectivity index is 2.44. The number of aliphatic hydroxyl groups is 1. The SMILES string of the molecule is C=CCN(CCO)CCSc1cc(Cl)ccc1Cl. The largest absolute Gasteiger partial charge is 0.395 e. The summed E-state index contributed by atoms with van der Waals surface area (Å²) in [5, 5.41) is 10.4. The number of aliphatic hydroxyl groups excluding tert-OH is 1. The van der Waals surface area contributed by atoms with Crippen molar-refractivity contribution in [2.75, 3.05) is 32.0 Å².